The molecule has 1 aromatic carbocycles. The summed E-state index contributed by atoms with van der Waals surface area (Å²) in [6.07, 6.45) is 4.62. The van der Waals surface area contributed by atoms with E-state index in [9.17, 15) is 9.59 Å². The molecule has 0 radical (unpaired) electrons. The molecule has 1 saturated heterocycles. The van der Waals surface area contributed by atoms with Crippen LogP contribution in [0.1, 0.15) is 35.3 Å². The molecule has 0 bridgehead atoms. The summed E-state index contributed by atoms with van der Waals surface area (Å²) in [6, 6.07) is 7.08. The first-order valence-electron chi connectivity index (χ1n) is 11.5. The summed E-state index contributed by atoms with van der Waals surface area (Å²) in [5, 5.41) is 3.42. The Morgan fingerprint density at radius 3 is 2.46 bits per heavy atom. The van der Waals surface area contributed by atoms with Crippen LogP contribution in [0.15, 0.2) is 36.7 Å². The normalized spacial score (nSPS) is 13.6. The number of thiophene rings is 1. The first-order chi connectivity index (χ1) is 17.5. The van der Waals surface area contributed by atoms with Crippen molar-refractivity contribution in [3.63, 3.8) is 0 Å². The van der Waals surface area contributed by atoms with Crippen molar-refractivity contribution in [1.29, 1.82) is 0 Å². The lowest BCUT2D eigenvalue weighted by Gasteiger charge is -2.39. The van der Waals surface area contributed by atoms with Gasteiger partial charge in [0.2, 0.25) is 0 Å². The Morgan fingerprint density at radius 2 is 1.81 bits per heavy atom. The van der Waals surface area contributed by atoms with Gasteiger partial charge in [-0.15, -0.1) is 11.3 Å². The van der Waals surface area contributed by atoms with E-state index in [1.165, 1.54) is 23.3 Å². The van der Waals surface area contributed by atoms with E-state index in [1.807, 2.05) is 40.0 Å². The minimum atomic E-state index is -0.531. The number of hydrogen-bond acceptors (Lipinski definition) is 9. The number of aryl methyl sites for hydroxylation is 1. The number of hydrogen-bond donors (Lipinski definition) is 2. The molecular formula is C25H28ClN5O4S2. The average molecular weight is 562 g/mol. The highest BCUT2D eigenvalue weighted by Gasteiger charge is 2.35. The summed E-state index contributed by atoms with van der Waals surface area (Å²) in [4.78, 5) is 36.9. The molecule has 9 nitrogen and oxygen atoms in total. The third kappa shape index (κ3) is 7.06. The van der Waals surface area contributed by atoms with Gasteiger partial charge in [0.1, 0.15) is 11.7 Å². The molecule has 4 rings (SSSR count). The fraction of sp³-hybridized carbons (Fsp3) is 0.360. The van der Waals surface area contributed by atoms with Gasteiger partial charge in [-0.05, 0) is 52.0 Å². The highest BCUT2D eigenvalue weighted by Crippen LogP contribution is 2.31. The highest BCUT2D eigenvalue weighted by molar-refractivity contribution is 7.99. The molecule has 0 aliphatic carbocycles. The zero-order valence-electron chi connectivity index (χ0n) is 21.1. The Morgan fingerprint density at radius 1 is 1.14 bits per heavy atom. The molecule has 0 spiro atoms. The van der Waals surface area contributed by atoms with Gasteiger partial charge in [0.25, 0.3) is 5.91 Å². The van der Waals surface area contributed by atoms with Crippen molar-refractivity contribution in [2.45, 2.75) is 39.4 Å². The van der Waals surface area contributed by atoms with Crippen molar-refractivity contribution in [2.24, 2.45) is 0 Å². The van der Waals surface area contributed by atoms with Crippen LogP contribution in [0, 0.1) is 6.92 Å². The van der Waals surface area contributed by atoms with Gasteiger partial charge in [-0.25, -0.2) is 14.8 Å². The van der Waals surface area contributed by atoms with Gasteiger partial charge < -0.3 is 24.4 Å². The SMILES string of the molecule is CSNc1cc(Cl)cc(NC(=O)c2cc(-c3ncc(OC4CN(C(=O)OC(C)(C)C)C4)cn3)c(C)s2)c1. The van der Waals surface area contributed by atoms with Gasteiger partial charge in [0.15, 0.2) is 11.6 Å². The van der Waals surface area contributed by atoms with Gasteiger partial charge in [-0.1, -0.05) is 23.5 Å². The van der Waals surface area contributed by atoms with Crippen molar-refractivity contribution in [3.05, 3.63) is 51.4 Å². The molecule has 0 atom stereocenters. The third-order valence-electron chi connectivity index (χ3n) is 5.19. The largest absolute Gasteiger partial charge is 0.483 e. The maximum absolute atomic E-state index is 12.9. The zero-order valence-corrected chi connectivity index (χ0v) is 23.5. The number of ether oxygens (including phenoxy) is 2. The van der Waals surface area contributed by atoms with Crippen LogP contribution >= 0.6 is 34.9 Å². The molecule has 2 N–H and O–H groups in total. The summed E-state index contributed by atoms with van der Waals surface area (Å²) in [5.74, 6) is 0.772. The van der Waals surface area contributed by atoms with Crippen molar-refractivity contribution in [2.75, 3.05) is 29.4 Å². The molecule has 196 valence electrons. The van der Waals surface area contributed by atoms with Gasteiger partial charge >= 0.3 is 6.09 Å². The number of nitrogens with one attached hydrogen (secondary N) is 2. The van der Waals surface area contributed by atoms with Crippen LogP contribution in [-0.4, -0.2) is 57.9 Å². The summed E-state index contributed by atoms with van der Waals surface area (Å²) < 4.78 is 14.3. The van der Waals surface area contributed by atoms with E-state index < -0.39 is 5.60 Å². The van der Waals surface area contributed by atoms with Crippen molar-refractivity contribution in [1.82, 2.24) is 14.9 Å². The molecule has 12 heteroatoms. The van der Waals surface area contributed by atoms with Crippen molar-refractivity contribution < 1.29 is 19.1 Å². The second kappa shape index (κ2) is 11.2. The second-order valence-corrected chi connectivity index (χ2v) is 11.7. The van der Waals surface area contributed by atoms with Gasteiger partial charge in [0, 0.05) is 33.1 Å². The van der Waals surface area contributed by atoms with Crippen LogP contribution in [0.4, 0.5) is 16.2 Å². The molecule has 3 aromatic rings. The van der Waals surface area contributed by atoms with E-state index in [0.29, 0.717) is 40.3 Å². The smallest absolute Gasteiger partial charge is 0.410 e. The molecular weight excluding hydrogens is 534 g/mol. The van der Waals surface area contributed by atoms with Crippen LogP contribution in [0.3, 0.4) is 0 Å². The monoisotopic (exact) mass is 561 g/mol. The molecule has 1 fully saturated rings. The standard InChI is InChI=1S/C25H28ClN5O4S2/c1-14-20(9-21(37-14)23(32)29-16-6-15(26)7-17(8-16)30-36-5)22-27-10-18(11-28-22)34-19-12-31(13-19)24(33)35-25(2,3)4/h6-11,19,30H,12-13H2,1-5H3,(H,29,32). The van der Waals surface area contributed by atoms with E-state index in [0.717, 1.165) is 16.1 Å². The molecule has 0 unspecified atom stereocenters. The lowest BCUT2D eigenvalue weighted by Crippen LogP contribution is -2.57. The molecule has 0 saturated carbocycles. The maximum Gasteiger partial charge on any atom is 0.410 e. The molecule has 37 heavy (non-hydrogen) atoms. The number of aromatic nitrogens is 2. The van der Waals surface area contributed by atoms with Crippen LogP contribution < -0.4 is 14.8 Å². The Balaban J connectivity index is 1.36. The minimum absolute atomic E-state index is 0.140. The highest BCUT2D eigenvalue weighted by atomic mass is 35.5. The zero-order chi connectivity index (χ0) is 26.7. The third-order valence-corrected chi connectivity index (χ3v) is 6.90. The van der Waals surface area contributed by atoms with E-state index in [4.69, 9.17) is 21.1 Å². The number of likely N-dealkylation sites (tertiary alicyclic amines) is 1. The number of carbonyl (C=O) groups is 2. The average Bonchev–Trinajstić information content (AvgIpc) is 3.16. The molecule has 1 aliphatic heterocycles. The summed E-state index contributed by atoms with van der Waals surface area (Å²) in [6.45, 7) is 8.31. The number of anilines is 2. The first kappa shape index (κ1) is 27.0. The first-order valence-corrected chi connectivity index (χ1v) is 13.9. The van der Waals surface area contributed by atoms with Gasteiger partial charge in [-0.2, -0.15) is 0 Å². The quantitative estimate of drug-likeness (QED) is 0.333. The lowest BCUT2D eigenvalue weighted by molar-refractivity contribution is -0.0223. The topological polar surface area (TPSA) is 106 Å². The minimum Gasteiger partial charge on any atom is -0.483 e. The maximum atomic E-state index is 12.9. The summed E-state index contributed by atoms with van der Waals surface area (Å²) >= 11 is 8.98. The predicted molar refractivity (Wildman–Crippen MR) is 149 cm³/mol. The van der Waals surface area contributed by atoms with Crippen LogP contribution in [0.2, 0.25) is 5.02 Å². The Kier molecular flexibility index (Phi) is 8.15. The van der Waals surface area contributed by atoms with Crippen LogP contribution in [0.5, 0.6) is 5.75 Å². The van der Waals surface area contributed by atoms with Gasteiger partial charge in [0.05, 0.1) is 30.4 Å². The van der Waals surface area contributed by atoms with E-state index >= 15 is 0 Å². The fourth-order valence-corrected chi connectivity index (χ4v) is 5.04. The van der Waals surface area contributed by atoms with Crippen LogP contribution in [-0.2, 0) is 4.74 Å². The number of amides is 2. The number of rotatable bonds is 7. The van der Waals surface area contributed by atoms with Gasteiger partial charge in [-0.3, -0.25) is 4.79 Å². The molecule has 1 aliphatic rings. The lowest BCUT2D eigenvalue weighted by atomic mass is 10.1. The summed E-state index contributed by atoms with van der Waals surface area (Å²) in [7, 11) is 0. The Bertz CT molecular complexity index is 1290. The van der Waals surface area contributed by atoms with E-state index in [-0.39, 0.29) is 18.1 Å². The molecule has 2 amide bonds. The molecule has 3 heterocycles. The fourth-order valence-electron chi connectivity index (χ4n) is 3.54. The number of carbonyl (C=O) groups excluding carboxylic acids is 2. The number of halogens is 1. The van der Waals surface area contributed by atoms with Crippen molar-refractivity contribution in [3.8, 4) is 17.1 Å². The predicted octanol–water partition coefficient (Wildman–Crippen LogP) is 6.11. The molecule has 2 aromatic heterocycles. The second-order valence-electron chi connectivity index (χ2n) is 9.44. The van der Waals surface area contributed by atoms with Crippen LogP contribution in [0.25, 0.3) is 11.4 Å². The number of benzene rings is 1. The van der Waals surface area contributed by atoms with Crippen molar-refractivity contribution >= 4 is 58.3 Å². The number of nitrogens with zero attached hydrogens (tertiary/aromatic N) is 3. The Hall–Kier alpha value is -3.02. The Labute approximate surface area is 229 Å². The summed E-state index contributed by atoms with van der Waals surface area (Å²) in [5.41, 5.74) is 1.64. The van der Waals surface area contributed by atoms with E-state index in [2.05, 4.69) is 20.0 Å². The van der Waals surface area contributed by atoms with E-state index in [1.54, 1.807) is 35.5 Å².